The second kappa shape index (κ2) is 8.77. The van der Waals surface area contributed by atoms with Gasteiger partial charge in [0.2, 0.25) is 0 Å². The second-order valence-electron chi connectivity index (χ2n) is 6.25. The SMILES string of the molecule is O=C(N[C@@H](Cc1ccccc1)C(=O)O)c1ccc(=O)n(Cc2ccccc2)n1. The standard InChI is InChI=1S/C21H19N3O4/c25-19-12-11-17(23-24(19)14-16-9-5-2-6-10-16)20(26)22-18(21(27)28)13-15-7-3-1-4-8-15/h1-12,18H,13-14H2,(H,22,26)(H,27,28)/t18-/m0/s1. The summed E-state index contributed by atoms with van der Waals surface area (Å²) in [6.07, 6.45) is 0.144. The van der Waals surface area contributed by atoms with Crippen molar-refractivity contribution in [1.29, 1.82) is 0 Å². The molecule has 2 N–H and O–H groups in total. The van der Waals surface area contributed by atoms with Gasteiger partial charge in [-0.15, -0.1) is 0 Å². The van der Waals surface area contributed by atoms with Crippen LogP contribution < -0.4 is 10.9 Å². The summed E-state index contributed by atoms with van der Waals surface area (Å²) in [4.78, 5) is 36.1. The second-order valence-corrected chi connectivity index (χ2v) is 6.25. The molecule has 142 valence electrons. The summed E-state index contributed by atoms with van der Waals surface area (Å²) in [6, 6.07) is 19.7. The Morgan fingerprint density at radius 3 is 2.14 bits per heavy atom. The third-order valence-corrected chi connectivity index (χ3v) is 4.16. The van der Waals surface area contributed by atoms with E-state index >= 15 is 0 Å². The maximum absolute atomic E-state index is 12.5. The van der Waals surface area contributed by atoms with Gasteiger partial charge < -0.3 is 10.4 Å². The number of hydrogen-bond acceptors (Lipinski definition) is 4. The molecule has 1 heterocycles. The Balaban J connectivity index is 1.76. The van der Waals surface area contributed by atoms with Crippen molar-refractivity contribution in [3.05, 3.63) is 100.0 Å². The molecule has 0 bridgehead atoms. The number of rotatable bonds is 7. The van der Waals surface area contributed by atoms with Crippen molar-refractivity contribution >= 4 is 11.9 Å². The number of aromatic nitrogens is 2. The van der Waals surface area contributed by atoms with Gasteiger partial charge in [-0.1, -0.05) is 60.7 Å². The molecule has 0 aliphatic heterocycles. The number of nitrogens with one attached hydrogen (secondary N) is 1. The van der Waals surface area contributed by atoms with E-state index in [1.54, 1.807) is 24.3 Å². The number of carboxylic acid groups (broad SMARTS) is 1. The van der Waals surface area contributed by atoms with Gasteiger partial charge in [0.1, 0.15) is 11.7 Å². The van der Waals surface area contributed by atoms with Gasteiger partial charge in [-0.2, -0.15) is 5.10 Å². The number of amides is 1. The van der Waals surface area contributed by atoms with Crippen molar-refractivity contribution in [3.8, 4) is 0 Å². The first-order chi connectivity index (χ1) is 13.5. The average molecular weight is 377 g/mol. The van der Waals surface area contributed by atoms with E-state index < -0.39 is 17.9 Å². The van der Waals surface area contributed by atoms with Crippen molar-refractivity contribution in [2.24, 2.45) is 0 Å². The normalized spacial score (nSPS) is 11.6. The summed E-state index contributed by atoms with van der Waals surface area (Å²) in [5.41, 5.74) is 1.29. The quantitative estimate of drug-likeness (QED) is 0.653. The van der Waals surface area contributed by atoms with Crippen molar-refractivity contribution in [2.45, 2.75) is 19.0 Å². The lowest BCUT2D eigenvalue weighted by Crippen LogP contribution is -2.43. The van der Waals surface area contributed by atoms with Crippen LogP contribution in [0, 0.1) is 0 Å². The number of nitrogens with zero attached hydrogens (tertiary/aromatic N) is 2. The van der Waals surface area contributed by atoms with E-state index in [9.17, 15) is 19.5 Å². The molecule has 2 aromatic carbocycles. The number of hydrogen-bond donors (Lipinski definition) is 2. The summed E-state index contributed by atoms with van der Waals surface area (Å²) >= 11 is 0. The van der Waals surface area contributed by atoms with Gasteiger partial charge in [0, 0.05) is 12.5 Å². The highest BCUT2D eigenvalue weighted by molar-refractivity contribution is 5.94. The maximum Gasteiger partial charge on any atom is 0.326 e. The fourth-order valence-electron chi connectivity index (χ4n) is 2.72. The molecule has 0 unspecified atom stereocenters. The van der Waals surface area contributed by atoms with Crippen molar-refractivity contribution in [1.82, 2.24) is 15.1 Å². The van der Waals surface area contributed by atoms with Crippen LogP contribution >= 0.6 is 0 Å². The molecule has 7 nitrogen and oxygen atoms in total. The average Bonchev–Trinajstić information content (AvgIpc) is 2.70. The maximum atomic E-state index is 12.5. The molecular formula is C21H19N3O4. The van der Waals surface area contributed by atoms with Gasteiger partial charge in [0.25, 0.3) is 11.5 Å². The van der Waals surface area contributed by atoms with Gasteiger partial charge in [-0.05, 0) is 17.2 Å². The van der Waals surface area contributed by atoms with Gasteiger partial charge in [-0.25, -0.2) is 9.48 Å². The molecule has 3 aromatic rings. The third-order valence-electron chi connectivity index (χ3n) is 4.16. The first kappa shape index (κ1) is 19.0. The van der Waals surface area contributed by atoms with E-state index in [0.29, 0.717) is 0 Å². The molecule has 28 heavy (non-hydrogen) atoms. The topological polar surface area (TPSA) is 101 Å². The van der Waals surface area contributed by atoms with Gasteiger partial charge in [0.15, 0.2) is 0 Å². The van der Waals surface area contributed by atoms with Crippen LogP contribution in [0.3, 0.4) is 0 Å². The molecule has 0 saturated heterocycles. The lowest BCUT2D eigenvalue weighted by atomic mass is 10.1. The van der Waals surface area contributed by atoms with Crippen LogP contribution in [0.25, 0.3) is 0 Å². The van der Waals surface area contributed by atoms with E-state index in [0.717, 1.165) is 11.1 Å². The van der Waals surface area contributed by atoms with E-state index in [2.05, 4.69) is 10.4 Å². The minimum atomic E-state index is -1.14. The Hall–Kier alpha value is -3.74. The number of carbonyl (C=O) groups is 2. The third kappa shape index (κ3) is 4.91. The lowest BCUT2D eigenvalue weighted by Gasteiger charge is -2.15. The Labute approximate surface area is 161 Å². The van der Waals surface area contributed by atoms with E-state index in [4.69, 9.17) is 0 Å². The van der Waals surface area contributed by atoms with Crippen LogP contribution in [0.4, 0.5) is 0 Å². The Morgan fingerprint density at radius 2 is 1.54 bits per heavy atom. The summed E-state index contributed by atoms with van der Waals surface area (Å²) in [7, 11) is 0. The summed E-state index contributed by atoms with van der Waals surface area (Å²) < 4.78 is 1.18. The largest absolute Gasteiger partial charge is 0.480 e. The molecule has 1 amide bonds. The summed E-state index contributed by atoms with van der Waals surface area (Å²) in [6.45, 7) is 0.215. The first-order valence-electron chi connectivity index (χ1n) is 8.72. The Morgan fingerprint density at radius 1 is 0.929 bits per heavy atom. The van der Waals surface area contributed by atoms with E-state index in [1.807, 2.05) is 36.4 Å². The van der Waals surface area contributed by atoms with Gasteiger partial charge in [0.05, 0.1) is 6.54 Å². The molecule has 0 fully saturated rings. The van der Waals surface area contributed by atoms with Crippen LogP contribution in [0.1, 0.15) is 21.6 Å². The van der Waals surface area contributed by atoms with Crippen LogP contribution in [-0.4, -0.2) is 32.8 Å². The van der Waals surface area contributed by atoms with Crippen molar-refractivity contribution in [2.75, 3.05) is 0 Å². The van der Waals surface area contributed by atoms with Crippen LogP contribution in [0.15, 0.2) is 77.6 Å². The van der Waals surface area contributed by atoms with Gasteiger partial charge in [-0.3, -0.25) is 9.59 Å². The molecule has 0 saturated carbocycles. The highest BCUT2D eigenvalue weighted by Gasteiger charge is 2.22. The molecule has 0 aliphatic carbocycles. The van der Waals surface area contributed by atoms with E-state index in [1.165, 1.54) is 16.8 Å². The molecular weight excluding hydrogens is 358 g/mol. The fourth-order valence-corrected chi connectivity index (χ4v) is 2.72. The van der Waals surface area contributed by atoms with Crippen LogP contribution in [-0.2, 0) is 17.8 Å². The predicted octanol–water partition coefficient (Wildman–Crippen LogP) is 1.72. The molecule has 1 atom stereocenters. The van der Waals surface area contributed by atoms with Crippen molar-refractivity contribution in [3.63, 3.8) is 0 Å². The fraction of sp³-hybridized carbons (Fsp3) is 0.143. The molecule has 3 rings (SSSR count). The summed E-state index contributed by atoms with van der Waals surface area (Å²) in [5, 5.41) is 16.0. The zero-order valence-corrected chi connectivity index (χ0v) is 15.0. The highest BCUT2D eigenvalue weighted by atomic mass is 16.4. The smallest absolute Gasteiger partial charge is 0.326 e. The van der Waals surface area contributed by atoms with Crippen molar-refractivity contribution < 1.29 is 14.7 Å². The summed E-state index contributed by atoms with van der Waals surface area (Å²) in [5.74, 6) is -1.79. The Kier molecular flexibility index (Phi) is 5.96. The Bertz CT molecular complexity index is 1020. The predicted molar refractivity (Wildman–Crippen MR) is 103 cm³/mol. The minimum absolute atomic E-state index is 0.0187. The molecule has 7 heteroatoms. The number of carboxylic acids is 1. The highest BCUT2D eigenvalue weighted by Crippen LogP contribution is 2.05. The lowest BCUT2D eigenvalue weighted by molar-refractivity contribution is -0.139. The van der Waals surface area contributed by atoms with Crippen LogP contribution in [0.5, 0.6) is 0 Å². The number of aliphatic carboxylic acids is 1. The first-order valence-corrected chi connectivity index (χ1v) is 8.72. The molecule has 0 aliphatic rings. The van der Waals surface area contributed by atoms with Gasteiger partial charge >= 0.3 is 5.97 Å². The zero-order chi connectivity index (χ0) is 19.9. The zero-order valence-electron chi connectivity index (χ0n) is 15.0. The molecule has 1 aromatic heterocycles. The minimum Gasteiger partial charge on any atom is -0.480 e. The number of benzene rings is 2. The molecule has 0 spiro atoms. The van der Waals surface area contributed by atoms with Crippen LogP contribution in [0.2, 0.25) is 0 Å². The molecule has 0 radical (unpaired) electrons. The van der Waals surface area contributed by atoms with E-state index in [-0.39, 0.29) is 24.2 Å². The monoisotopic (exact) mass is 377 g/mol. The number of carbonyl (C=O) groups excluding carboxylic acids is 1.